The third kappa shape index (κ3) is 2.26. The first-order chi connectivity index (χ1) is 9.49. The standard InChI is InChI=1S/C18H20O2/c1-5-6-7-8-14-13(4)17(19)15-11(2)9-10-12(3)16(15)18(14)20/h5-8,10-11H,9H2,1-4H3/b6-5-,8-7-. The maximum Gasteiger partial charge on any atom is 0.194 e. The van der Waals surface area contributed by atoms with Crippen molar-refractivity contribution in [1.29, 1.82) is 0 Å². The summed E-state index contributed by atoms with van der Waals surface area (Å²) in [6, 6.07) is 0. The van der Waals surface area contributed by atoms with E-state index in [2.05, 4.69) is 6.08 Å². The summed E-state index contributed by atoms with van der Waals surface area (Å²) in [5, 5.41) is 0. The molecule has 2 aliphatic rings. The lowest BCUT2D eigenvalue weighted by molar-refractivity contribution is -0.116. The lowest BCUT2D eigenvalue weighted by Crippen LogP contribution is -2.28. The van der Waals surface area contributed by atoms with Gasteiger partial charge in [0.1, 0.15) is 0 Å². The van der Waals surface area contributed by atoms with Gasteiger partial charge in [0, 0.05) is 22.3 Å². The number of hydrogen-bond donors (Lipinski definition) is 0. The van der Waals surface area contributed by atoms with Crippen molar-refractivity contribution < 1.29 is 9.59 Å². The Labute approximate surface area is 120 Å². The molecule has 0 aromatic carbocycles. The van der Waals surface area contributed by atoms with Crippen LogP contribution in [0.5, 0.6) is 0 Å². The summed E-state index contributed by atoms with van der Waals surface area (Å²) in [5.41, 5.74) is 3.35. The van der Waals surface area contributed by atoms with Crippen molar-refractivity contribution in [2.75, 3.05) is 0 Å². The van der Waals surface area contributed by atoms with Crippen molar-refractivity contribution in [2.24, 2.45) is 5.92 Å². The zero-order chi connectivity index (χ0) is 14.9. The van der Waals surface area contributed by atoms with Crippen LogP contribution in [0.4, 0.5) is 0 Å². The van der Waals surface area contributed by atoms with E-state index in [-0.39, 0.29) is 17.5 Å². The van der Waals surface area contributed by atoms with Crippen LogP contribution in [0.15, 0.2) is 58.2 Å². The number of carbonyl (C=O) groups excluding carboxylic acids is 2. The van der Waals surface area contributed by atoms with Crippen molar-refractivity contribution >= 4 is 11.6 Å². The highest BCUT2D eigenvalue weighted by Gasteiger charge is 2.35. The van der Waals surface area contributed by atoms with Crippen LogP contribution in [-0.2, 0) is 9.59 Å². The normalized spacial score (nSPS) is 24.0. The Morgan fingerprint density at radius 1 is 1.15 bits per heavy atom. The Hall–Kier alpha value is -1.96. The lowest BCUT2D eigenvalue weighted by Gasteiger charge is -2.28. The van der Waals surface area contributed by atoms with Crippen LogP contribution < -0.4 is 0 Å². The molecule has 2 nitrogen and oxygen atoms in total. The molecule has 104 valence electrons. The van der Waals surface area contributed by atoms with Gasteiger partial charge in [-0.05, 0) is 38.7 Å². The fraction of sp³-hybridized carbons (Fsp3) is 0.333. The second-order valence-corrected chi connectivity index (χ2v) is 5.39. The average molecular weight is 268 g/mol. The molecule has 2 aliphatic carbocycles. The van der Waals surface area contributed by atoms with E-state index in [1.165, 1.54) is 0 Å². The Bertz CT molecular complexity index is 622. The molecule has 2 rings (SSSR count). The molecule has 0 amide bonds. The zero-order valence-corrected chi connectivity index (χ0v) is 12.5. The quantitative estimate of drug-likeness (QED) is 0.563. The highest BCUT2D eigenvalue weighted by Crippen LogP contribution is 2.37. The Balaban J connectivity index is 2.54. The molecular formula is C18H20O2. The molecule has 0 saturated heterocycles. The van der Waals surface area contributed by atoms with Gasteiger partial charge in [0.15, 0.2) is 11.6 Å². The number of allylic oxidation sites excluding steroid dienone is 10. The molecule has 0 heterocycles. The van der Waals surface area contributed by atoms with Gasteiger partial charge in [0.25, 0.3) is 0 Å². The smallest absolute Gasteiger partial charge is 0.194 e. The molecule has 0 radical (unpaired) electrons. The fourth-order valence-corrected chi connectivity index (χ4v) is 2.76. The van der Waals surface area contributed by atoms with Gasteiger partial charge in [-0.15, -0.1) is 0 Å². The van der Waals surface area contributed by atoms with Gasteiger partial charge >= 0.3 is 0 Å². The summed E-state index contributed by atoms with van der Waals surface area (Å²) in [4.78, 5) is 25.2. The van der Waals surface area contributed by atoms with E-state index in [1.54, 1.807) is 19.1 Å². The molecule has 0 fully saturated rings. The van der Waals surface area contributed by atoms with Crippen LogP contribution in [0.3, 0.4) is 0 Å². The maximum absolute atomic E-state index is 12.7. The van der Waals surface area contributed by atoms with E-state index in [0.29, 0.717) is 22.3 Å². The van der Waals surface area contributed by atoms with Crippen molar-refractivity contribution in [3.63, 3.8) is 0 Å². The highest BCUT2D eigenvalue weighted by molar-refractivity contribution is 6.28. The number of carbonyl (C=O) groups is 2. The molecule has 0 aromatic heterocycles. The highest BCUT2D eigenvalue weighted by atomic mass is 16.1. The van der Waals surface area contributed by atoms with Crippen LogP contribution >= 0.6 is 0 Å². The zero-order valence-electron chi connectivity index (χ0n) is 12.5. The Morgan fingerprint density at radius 2 is 1.85 bits per heavy atom. The van der Waals surface area contributed by atoms with Gasteiger partial charge in [0.2, 0.25) is 0 Å². The molecule has 1 atom stereocenters. The minimum atomic E-state index is -0.0156. The summed E-state index contributed by atoms with van der Waals surface area (Å²) in [5.74, 6) is 0.138. The van der Waals surface area contributed by atoms with Crippen molar-refractivity contribution in [3.8, 4) is 0 Å². The number of Topliss-reactive ketones (excluding diaryl/α,β-unsaturated/α-hetero) is 2. The van der Waals surface area contributed by atoms with Gasteiger partial charge < -0.3 is 0 Å². The minimum Gasteiger partial charge on any atom is -0.289 e. The number of rotatable bonds is 2. The molecule has 0 N–H and O–H groups in total. The first kappa shape index (κ1) is 14.4. The van der Waals surface area contributed by atoms with Crippen molar-refractivity contribution in [3.05, 3.63) is 58.2 Å². The van der Waals surface area contributed by atoms with E-state index in [9.17, 15) is 9.59 Å². The van der Waals surface area contributed by atoms with Gasteiger partial charge in [0.05, 0.1) is 0 Å². The monoisotopic (exact) mass is 268 g/mol. The third-order valence-corrected chi connectivity index (χ3v) is 3.96. The predicted octanol–water partition coefficient (Wildman–Crippen LogP) is 3.87. The van der Waals surface area contributed by atoms with E-state index in [0.717, 1.165) is 12.0 Å². The molecule has 0 bridgehead atoms. The van der Waals surface area contributed by atoms with E-state index >= 15 is 0 Å². The van der Waals surface area contributed by atoms with Crippen LogP contribution in [0.25, 0.3) is 0 Å². The number of ketones is 2. The topological polar surface area (TPSA) is 34.1 Å². The molecule has 2 heteroatoms. The van der Waals surface area contributed by atoms with Crippen LogP contribution in [0, 0.1) is 5.92 Å². The summed E-state index contributed by atoms with van der Waals surface area (Å²) in [6.45, 7) is 7.59. The first-order valence-electron chi connectivity index (χ1n) is 7.00. The Morgan fingerprint density at radius 3 is 2.50 bits per heavy atom. The lowest BCUT2D eigenvalue weighted by atomic mass is 9.73. The van der Waals surface area contributed by atoms with Gasteiger partial charge in [-0.25, -0.2) is 0 Å². The van der Waals surface area contributed by atoms with Gasteiger partial charge in [-0.3, -0.25) is 9.59 Å². The number of hydrogen-bond acceptors (Lipinski definition) is 2. The molecular weight excluding hydrogens is 248 g/mol. The van der Waals surface area contributed by atoms with Crippen molar-refractivity contribution in [1.82, 2.24) is 0 Å². The molecule has 1 unspecified atom stereocenters. The average Bonchev–Trinajstić information content (AvgIpc) is 2.42. The van der Waals surface area contributed by atoms with E-state index in [1.807, 2.05) is 32.9 Å². The molecule has 0 aromatic rings. The first-order valence-corrected chi connectivity index (χ1v) is 7.00. The van der Waals surface area contributed by atoms with Crippen LogP contribution in [0.1, 0.15) is 34.1 Å². The molecule has 0 spiro atoms. The van der Waals surface area contributed by atoms with Gasteiger partial charge in [-0.1, -0.05) is 37.3 Å². The summed E-state index contributed by atoms with van der Waals surface area (Å²) < 4.78 is 0. The summed E-state index contributed by atoms with van der Waals surface area (Å²) >= 11 is 0. The summed E-state index contributed by atoms with van der Waals surface area (Å²) in [7, 11) is 0. The van der Waals surface area contributed by atoms with Crippen molar-refractivity contribution in [2.45, 2.75) is 34.1 Å². The molecule has 0 aliphatic heterocycles. The minimum absolute atomic E-state index is 0.0156. The molecule has 20 heavy (non-hydrogen) atoms. The predicted molar refractivity (Wildman–Crippen MR) is 81.2 cm³/mol. The third-order valence-electron chi connectivity index (χ3n) is 3.96. The summed E-state index contributed by atoms with van der Waals surface area (Å²) in [6.07, 6.45) is 10.2. The largest absolute Gasteiger partial charge is 0.289 e. The maximum atomic E-state index is 12.7. The van der Waals surface area contributed by atoms with E-state index in [4.69, 9.17) is 0 Å². The SMILES string of the molecule is C/C=C\C=C/C1=C(C)C(=O)C2=C(C1=O)C(C)=CCC2C. The second-order valence-electron chi connectivity index (χ2n) is 5.39. The fourth-order valence-electron chi connectivity index (χ4n) is 2.76. The molecule has 0 saturated carbocycles. The van der Waals surface area contributed by atoms with Gasteiger partial charge in [-0.2, -0.15) is 0 Å². The van der Waals surface area contributed by atoms with Crippen LogP contribution in [0.2, 0.25) is 0 Å². The van der Waals surface area contributed by atoms with E-state index < -0.39 is 0 Å². The second kappa shape index (κ2) is 5.58. The van der Waals surface area contributed by atoms with Crippen LogP contribution in [-0.4, -0.2) is 11.6 Å². The Kier molecular flexibility index (Phi) is 4.03.